The Labute approximate surface area is 213 Å². The van der Waals surface area contributed by atoms with Crippen LogP contribution in [0.5, 0.6) is 5.75 Å². The minimum atomic E-state index is -0.645. The van der Waals surface area contributed by atoms with Gasteiger partial charge >= 0.3 is 0 Å². The van der Waals surface area contributed by atoms with Crippen LogP contribution in [0, 0.1) is 0 Å². The Balaban J connectivity index is 1.40. The standard InChI is InChI=1S/C25H20BrN3O3S2/c1-15(30)29-24(32-23(28-29)16-7-10-19(26)11-8-16)17-9-12-21(31-2)18(13-17)14-33-25-27-20-5-3-4-6-22(20)34-25/h3-13,24H,14H2,1-2H3/t24-/m0/s1. The molecule has 0 unspecified atom stereocenters. The number of aromatic nitrogens is 1. The molecule has 1 aliphatic rings. The highest BCUT2D eigenvalue weighted by Crippen LogP contribution is 2.37. The number of thioether (sulfide) groups is 1. The third kappa shape index (κ3) is 4.68. The van der Waals surface area contributed by atoms with Gasteiger partial charge in [0.15, 0.2) is 4.34 Å². The maximum atomic E-state index is 12.4. The Hall–Kier alpha value is -2.88. The zero-order valence-corrected chi connectivity index (χ0v) is 21.6. The summed E-state index contributed by atoms with van der Waals surface area (Å²) in [5.41, 5.74) is 3.63. The first-order valence-electron chi connectivity index (χ1n) is 10.5. The molecule has 0 fully saturated rings. The Morgan fingerprint density at radius 2 is 1.97 bits per heavy atom. The predicted molar refractivity (Wildman–Crippen MR) is 139 cm³/mol. The third-order valence-electron chi connectivity index (χ3n) is 5.27. The van der Waals surface area contributed by atoms with Crippen molar-refractivity contribution in [3.63, 3.8) is 0 Å². The lowest BCUT2D eigenvalue weighted by molar-refractivity contribution is -0.135. The van der Waals surface area contributed by atoms with Crippen molar-refractivity contribution in [3.8, 4) is 5.75 Å². The van der Waals surface area contributed by atoms with Gasteiger partial charge in [0.1, 0.15) is 5.75 Å². The molecule has 0 spiro atoms. The molecule has 1 atom stereocenters. The van der Waals surface area contributed by atoms with Crippen molar-refractivity contribution in [1.29, 1.82) is 0 Å². The summed E-state index contributed by atoms with van der Waals surface area (Å²) >= 11 is 6.77. The number of halogens is 1. The van der Waals surface area contributed by atoms with Gasteiger partial charge in [-0.3, -0.25) is 4.79 Å². The minimum absolute atomic E-state index is 0.196. The highest BCUT2D eigenvalue weighted by molar-refractivity contribution is 9.10. The summed E-state index contributed by atoms with van der Waals surface area (Å²) in [5, 5.41) is 5.83. The monoisotopic (exact) mass is 553 g/mol. The molecule has 34 heavy (non-hydrogen) atoms. The highest BCUT2D eigenvalue weighted by Gasteiger charge is 2.33. The highest BCUT2D eigenvalue weighted by atomic mass is 79.9. The van der Waals surface area contributed by atoms with Crippen LogP contribution in [0.2, 0.25) is 0 Å². The second-order valence-corrected chi connectivity index (χ2v) is 10.7. The number of thiazole rings is 1. The number of methoxy groups -OCH3 is 1. The SMILES string of the molecule is COc1ccc([C@@H]2OC(c3ccc(Br)cc3)=NN2C(C)=O)cc1CSc1nc2ccccc2s1. The summed E-state index contributed by atoms with van der Waals surface area (Å²) in [6.45, 7) is 1.48. The van der Waals surface area contributed by atoms with Crippen LogP contribution in [-0.4, -0.2) is 28.9 Å². The van der Waals surface area contributed by atoms with Crippen LogP contribution in [0.3, 0.4) is 0 Å². The van der Waals surface area contributed by atoms with E-state index in [1.807, 2.05) is 60.7 Å². The Kier molecular flexibility index (Phi) is 6.58. The number of carbonyl (C=O) groups excluding carboxylic acids is 1. The molecule has 0 aliphatic carbocycles. The van der Waals surface area contributed by atoms with Crippen molar-refractivity contribution in [3.05, 3.63) is 87.9 Å². The fourth-order valence-electron chi connectivity index (χ4n) is 3.61. The van der Waals surface area contributed by atoms with E-state index in [1.54, 1.807) is 30.2 Å². The number of rotatable bonds is 6. The fourth-order valence-corrected chi connectivity index (χ4v) is 5.92. The van der Waals surface area contributed by atoms with Crippen LogP contribution < -0.4 is 4.74 Å². The molecule has 1 aliphatic heterocycles. The lowest BCUT2D eigenvalue weighted by Crippen LogP contribution is -2.25. The first-order valence-corrected chi connectivity index (χ1v) is 13.1. The molecule has 0 bridgehead atoms. The number of amides is 1. The predicted octanol–water partition coefficient (Wildman–Crippen LogP) is 6.60. The van der Waals surface area contributed by atoms with Gasteiger partial charge in [-0.25, -0.2) is 4.98 Å². The zero-order chi connectivity index (χ0) is 23.7. The lowest BCUT2D eigenvalue weighted by Gasteiger charge is -2.20. The summed E-state index contributed by atoms with van der Waals surface area (Å²) in [6.07, 6.45) is -0.645. The molecule has 3 aromatic carbocycles. The number of ether oxygens (including phenoxy) is 2. The van der Waals surface area contributed by atoms with Crippen molar-refractivity contribution in [1.82, 2.24) is 9.99 Å². The van der Waals surface area contributed by atoms with E-state index in [2.05, 4.69) is 27.1 Å². The molecule has 9 heteroatoms. The number of hydrogen-bond donors (Lipinski definition) is 0. The van der Waals surface area contributed by atoms with Gasteiger partial charge in [0.05, 0.1) is 17.3 Å². The molecule has 1 aromatic heterocycles. The van der Waals surface area contributed by atoms with Crippen molar-refractivity contribution >= 4 is 61.1 Å². The summed E-state index contributed by atoms with van der Waals surface area (Å²) in [7, 11) is 1.66. The molecular weight excluding hydrogens is 534 g/mol. The Bertz CT molecular complexity index is 1350. The number of hydrazone groups is 1. The number of hydrogen-bond acceptors (Lipinski definition) is 7. The van der Waals surface area contributed by atoms with Gasteiger partial charge in [-0.1, -0.05) is 39.8 Å². The molecule has 4 aromatic rings. The van der Waals surface area contributed by atoms with Crippen LogP contribution in [0.4, 0.5) is 0 Å². The maximum Gasteiger partial charge on any atom is 0.243 e. The molecule has 6 nitrogen and oxygen atoms in total. The van der Waals surface area contributed by atoms with Crippen molar-refractivity contribution in [2.24, 2.45) is 5.10 Å². The minimum Gasteiger partial charge on any atom is -0.496 e. The largest absolute Gasteiger partial charge is 0.496 e. The summed E-state index contributed by atoms with van der Waals surface area (Å²) < 4.78 is 14.9. The average molecular weight is 554 g/mol. The molecule has 0 N–H and O–H groups in total. The van der Waals surface area contributed by atoms with Gasteiger partial charge in [-0.05, 0) is 54.6 Å². The molecule has 172 valence electrons. The van der Waals surface area contributed by atoms with E-state index >= 15 is 0 Å². The quantitative estimate of drug-likeness (QED) is 0.252. The van der Waals surface area contributed by atoms with Crippen LogP contribution in [0.1, 0.15) is 29.8 Å². The molecule has 0 saturated heterocycles. The zero-order valence-electron chi connectivity index (χ0n) is 18.4. The van der Waals surface area contributed by atoms with Gasteiger partial charge in [-0.15, -0.1) is 16.4 Å². The first kappa shape index (κ1) is 22.9. The second kappa shape index (κ2) is 9.77. The third-order valence-corrected chi connectivity index (χ3v) is 8.03. The van der Waals surface area contributed by atoms with Crippen LogP contribution in [-0.2, 0) is 15.3 Å². The maximum absolute atomic E-state index is 12.4. The Morgan fingerprint density at radius 1 is 1.18 bits per heavy atom. The van der Waals surface area contributed by atoms with E-state index in [-0.39, 0.29) is 5.91 Å². The molecule has 5 rings (SSSR count). The van der Waals surface area contributed by atoms with Crippen molar-refractivity contribution < 1.29 is 14.3 Å². The van der Waals surface area contributed by atoms with Gasteiger partial charge in [0, 0.05) is 33.8 Å². The van der Waals surface area contributed by atoms with Crippen LogP contribution >= 0.6 is 39.0 Å². The first-order chi connectivity index (χ1) is 16.5. The smallest absolute Gasteiger partial charge is 0.243 e. The van der Waals surface area contributed by atoms with Crippen molar-refractivity contribution in [2.75, 3.05) is 7.11 Å². The van der Waals surface area contributed by atoms with E-state index in [9.17, 15) is 4.79 Å². The Morgan fingerprint density at radius 3 is 2.71 bits per heavy atom. The fraction of sp³-hybridized carbons (Fsp3) is 0.160. The topological polar surface area (TPSA) is 64.0 Å². The molecule has 0 saturated carbocycles. The van der Waals surface area contributed by atoms with E-state index in [1.165, 1.54) is 16.6 Å². The van der Waals surface area contributed by atoms with Gasteiger partial charge in [-0.2, -0.15) is 5.01 Å². The lowest BCUT2D eigenvalue weighted by atomic mass is 10.1. The number of fused-ring (bicyclic) bond motifs is 1. The summed E-state index contributed by atoms with van der Waals surface area (Å²) in [5.74, 6) is 1.66. The van der Waals surface area contributed by atoms with E-state index in [0.717, 1.165) is 36.8 Å². The molecule has 2 heterocycles. The van der Waals surface area contributed by atoms with Crippen molar-refractivity contribution in [2.45, 2.75) is 23.2 Å². The normalized spacial score (nSPS) is 15.3. The number of carbonyl (C=O) groups is 1. The molecular formula is C25H20BrN3O3S2. The molecule has 0 radical (unpaired) electrons. The van der Waals surface area contributed by atoms with Crippen LogP contribution in [0.15, 0.2) is 80.6 Å². The number of benzene rings is 3. The van der Waals surface area contributed by atoms with Gasteiger partial charge in [0.2, 0.25) is 18.0 Å². The molecule has 1 amide bonds. The summed E-state index contributed by atoms with van der Waals surface area (Å²) in [4.78, 5) is 17.1. The van der Waals surface area contributed by atoms with Crippen LogP contribution in [0.25, 0.3) is 10.2 Å². The van der Waals surface area contributed by atoms with E-state index < -0.39 is 6.23 Å². The van der Waals surface area contributed by atoms with Gasteiger partial charge in [0.25, 0.3) is 0 Å². The number of nitrogens with zero attached hydrogens (tertiary/aromatic N) is 3. The second-order valence-electron chi connectivity index (χ2n) is 7.55. The number of para-hydroxylation sites is 1. The van der Waals surface area contributed by atoms with E-state index in [4.69, 9.17) is 14.5 Å². The summed E-state index contributed by atoms with van der Waals surface area (Å²) in [6, 6.07) is 21.6. The van der Waals surface area contributed by atoms with Gasteiger partial charge < -0.3 is 9.47 Å². The average Bonchev–Trinajstić information content (AvgIpc) is 3.48. The van der Waals surface area contributed by atoms with E-state index in [0.29, 0.717) is 11.7 Å².